The predicted octanol–water partition coefficient (Wildman–Crippen LogP) is 5.47. The number of thioether (sulfide) groups is 1. The standard InChI is InChI=1S/C23H16Cl2N2O2S/c24-16-11-10-15(19(25)12-16)13-26-20-9-5-4-8-18(20)23(22(26)29)27(21(28)14-30-23)17-6-2-1-3-7-17/h1-12H,13-14H2/t23-/m0/s1. The van der Waals surface area contributed by atoms with Gasteiger partial charge in [-0.2, -0.15) is 0 Å². The van der Waals surface area contributed by atoms with Crippen molar-refractivity contribution in [1.29, 1.82) is 0 Å². The molecule has 150 valence electrons. The third-order valence-electron chi connectivity index (χ3n) is 5.42. The van der Waals surface area contributed by atoms with E-state index in [-0.39, 0.29) is 17.6 Å². The summed E-state index contributed by atoms with van der Waals surface area (Å²) in [6.07, 6.45) is 0. The molecule has 2 aliphatic heterocycles. The number of rotatable bonds is 3. The first-order valence-electron chi connectivity index (χ1n) is 9.40. The fourth-order valence-corrected chi connectivity index (χ4v) is 5.94. The molecule has 0 bridgehead atoms. The highest BCUT2D eigenvalue weighted by Crippen LogP contribution is 2.56. The molecule has 2 heterocycles. The minimum Gasteiger partial charge on any atom is -0.304 e. The summed E-state index contributed by atoms with van der Waals surface area (Å²) in [5, 5.41) is 1.05. The first kappa shape index (κ1) is 19.5. The largest absolute Gasteiger partial charge is 0.304 e. The van der Waals surface area contributed by atoms with E-state index in [0.29, 0.717) is 22.3 Å². The number of hydrogen-bond donors (Lipinski definition) is 0. The van der Waals surface area contributed by atoms with Crippen molar-refractivity contribution in [3.8, 4) is 0 Å². The van der Waals surface area contributed by atoms with Crippen molar-refractivity contribution in [2.45, 2.75) is 11.4 Å². The molecule has 1 fully saturated rings. The molecular formula is C23H16Cl2N2O2S. The van der Waals surface area contributed by atoms with Crippen LogP contribution >= 0.6 is 35.0 Å². The van der Waals surface area contributed by atoms with Gasteiger partial charge in [-0.3, -0.25) is 14.5 Å². The average Bonchev–Trinajstić information content (AvgIpc) is 3.22. The highest BCUT2D eigenvalue weighted by molar-refractivity contribution is 8.02. The monoisotopic (exact) mass is 454 g/mol. The zero-order valence-electron chi connectivity index (χ0n) is 15.7. The van der Waals surface area contributed by atoms with Gasteiger partial charge in [-0.25, -0.2) is 0 Å². The third-order valence-corrected chi connectivity index (χ3v) is 7.39. The van der Waals surface area contributed by atoms with Crippen LogP contribution in [0.4, 0.5) is 11.4 Å². The van der Waals surface area contributed by atoms with E-state index in [4.69, 9.17) is 23.2 Å². The van der Waals surface area contributed by atoms with Crippen LogP contribution in [0.3, 0.4) is 0 Å². The van der Waals surface area contributed by atoms with Crippen molar-refractivity contribution in [3.05, 3.63) is 94.0 Å². The summed E-state index contributed by atoms with van der Waals surface area (Å²) in [6.45, 7) is 0.297. The van der Waals surface area contributed by atoms with E-state index >= 15 is 0 Å². The molecule has 3 aromatic rings. The van der Waals surface area contributed by atoms with Crippen molar-refractivity contribution >= 4 is 58.2 Å². The number of hydrogen-bond acceptors (Lipinski definition) is 3. The summed E-state index contributed by atoms with van der Waals surface area (Å²) in [5.74, 6) is 0.0139. The maximum Gasteiger partial charge on any atom is 0.269 e. The minimum atomic E-state index is -1.12. The molecule has 1 spiro atoms. The molecule has 30 heavy (non-hydrogen) atoms. The Morgan fingerprint density at radius 2 is 1.67 bits per heavy atom. The normalized spacial score (nSPS) is 20.3. The summed E-state index contributed by atoms with van der Waals surface area (Å²) in [5.41, 5.74) is 3.11. The molecule has 4 nitrogen and oxygen atoms in total. The van der Waals surface area contributed by atoms with Gasteiger partial charge in [0.1, 0.15) is 0 Å². The lowest BCUT2D eigenvalue weighted by Gasteiger charge is -2.33. The number of benzene rings is 3. The van der Waals surface area contributed by atoms with Crippen LogP contribution in [0.5, 0.6) is 0 Å². The molecular weight excluding hydrogens is 439 g/mol. The molecule has 1 saturated heterocycles. The number of anilines is 2. The second-order valence-corrected chi connectivity index (χ2v) is 9.15. The van der Waals surface area contributed by atoms with E-state index in [9.17, 15) is 9.59 Å². The van der Waals surface area contributed by atoms with Crippen LogP contribution in [-0.2, 0) is 21.0 Å². The lowest BCUT2D eigenvalue weighted by Crippen LogP contribution is -2.49. The summed E-state index contributed by atoms with van der Waals surface area (Å²) in [7, 11) is 0. The fourth-order valence-electron chi connectivity index (χ4n) is 4.11. The summed E-state index contributed by atoms with van der Waals surface area (Å²) < 4.78 is 0. The molecule has 0 N–H and O–H groups in total. The van der Waals surface area contributed by atoms with Gasteiger partial charge in [0, 0.05) is 21.3 Å². The Balaban J connectivity index is 1.64. The number of amides is 2. The number of halogens is 2. The molecule has 3 aromatic carbocycles. The average molecular weight is 455 g/mol. The lowest BCUT2D eigenvalue weighted by atomic mass is 10.0. The Morgan fingerprint density at radius 3 is 2.43 bits per heavy atom. The summed E-state index contributed by atoms with van der Waals surface area (Å²) in [6, 6.07) is 22.3. The molecule has 0 saturated carbocycles. The predicted molar refractivity (Wildman–Crippen MR) is 122 cm³/mol. The van der Waals surface area contributed by atoms with Crippen LogP contribution in [0.2, 0.25) is 10.0 Å². The topological polar surface area (TPSA) is 40.6 Å². The lowest BCUT2D eigenvalue weighted by molar-refractivity contribution is -0.123. The zero-order chi connectivity index (χ0) is 20.9. The van der Waals surface area contributed by atoms with Gasteiger partial charge in [0.05, 0.1) is 18.0 Å². The van der Waals surface area contributed by atoms with Crippen molar-refractivity contribution in [2.24, 2.45) is 0 Å². The molecule has 1 atom stereocenters. The smallest absolute Gasteiger partial charge is 0.269 e. The Morgan fingerprint density at radius 1 is 0.933 bits per heavy atom. The zero-order valence-corrected chi connectivity index (χ0v) is 18.0. The summed E-state index contributed by atoms with van der Waals surface area (Å²) >= 11 is 13.8. The van der Waals surface area contributed by atoms with Gasteiger partial charge in [0.25, 0.3) is 5.91 Å². The fraction of sp³-hybridized carbons (Fsp3) is 0.130. The van der Waals surface area contributed by atoms with Crippen molar-refractivity contribution in [3.63, 3.8) is 0 Å². The number of nitrogens with zero attached hydrogens (tertiary/aromatic N) is 2. The van der Waals surface area contributed by atoms with Crippen LogP contribution in [0.15, 0.2) is 72.8 Å². The van der Waals surface area contributed by atoms with E-state index in [0.717, 1.165) is 16.8 Å². The van der Waals surface area contributed by atoms with Crippen molar-refractivity contribution < 1.29 is 9.59 Å². The van der Waals surface area contributed by atoms with Gasteiger partial charge in [0.2, 0.25) is 10.8 Å². The van der Waals surface area contributed by atoms with Crippen LogP contribution in [0, 0.1) is 0 Å². The van der Waals surface area contributed by atoms with Crippen molar-refractivity contribution in [2.75, 3.05) is 15.6 Å². The number of carbonyl (C=O) groups excluding carboxylic acids is 2. The highest BCUT2D eigenvalue weighted by atomic mass is 35.5. The van der Waals surface area contributed by atoms with Gasteiger partial charge in [-0.05, 0) is 35.9 Å². The number of carbonyl (C=O) groups is 2. The molecule has 2 amide bonds. The quantitative estimate of drug-likeness (QED) is 0.526. The van der Waals surface area contributed by atoms with Crippen LogP contribution in [0.1, 0.15) is 11.1 Å². The highest BCUT2D eigenvalue weighted by Gasteiger charge is 2.60. The molecule has 0 radical (unpaired) electrons. The molecule has 7 heteroatoms. The minimum absolute atomic E-state index is 0.0827. The molecule has 2 aliphatic rings. The van der Waals surface area contributed by atoms with E-state index < -0.39 is 4.87 Å². The second-order valence-electron chi connectivity index (χ2n) is 7.14. The molecule has 0 unspecified atom stereocenters. The van der Waals surface area contributed by atoms with Gasteiger partial charge in [-0.15, -0.1) is 11.8 Å². The van der Waals surface area contributed by atoms with Gasteiger partial charge in [0.15, 0.2) is 0 Å². The first-order valence-corrected chi connectivity index (χ1v) is 11.1. The van der Waals surface area contributed by atoms with Crippen LogP contribution in [-0.4, -0.2) is 17.6 Å². The molecule has 5 rings (SSSR count). The van der Waals surface area contributed by atoms with E-state index in [2.05, 4.69) is 0 Å². The van der Waals surface area contributed by atoms with E-state index in [1.807, 2.05) is 60.7 Å². The first-order chi connectivity index (χ1) is 14.5. The third kappa shape index (κ3) is 2.84. The Kier molecular flexibility index (Phi) is 4.77. The SMILES string of the molecule is O=C1CS[C@@]2(C(=O)N(Cc3ccc(Cl)cc3Cl)c3ccccc32)N1c1ccccc1. The van der Waals surface area contributed by atoms with E-state index in [1.165, 1.54) is 11.8 Å². The van der Waals surface area contributed by atoms with Crippen LogP contribution in [0.25, 0.3) is 0 Å². The Labute approximate surface area is 188 Å². The van der Waals surface area contributed by atoms with Gasteiger partial charge >= 0.3 is 0 Å². The van der Waals surface area contributed by atoms with Gasteiger partial charge in [-0.1, -0.05) is 65.7 Å². The van der Waals surface area contributed by atoms with Crippen LogP contribution < -0.4 is 9.80 Å². The molecule has 0 aromatic heterocycles. The Bertz CT molecular complexity index is 1170. The number of fused-ring (bicyclic) bond motifs is 2. The number of para-hydroxylation sites is 2. The van der Waals surface area contributed by atoms with E-state index in [1.54, 1.807) is 21.9 Å². The van der Waals surface area contributed by atoms with Crippen molar-refractivity contribution in [1.82, 2.24) is 0 Å². The van der Waals surface area contributed by atoms with Gasteiger partial charge < -0.3 is 4.90 Å². The maximum absolute atomic E-state index is 13.9. The summed E-state index contributed by atoms with van der Waals surface area (Å²) in [4.78, 5) is 29.1. The maximum atomic E-state index is 13.9. The second kappa shape index (κ2) is 7.34. The molecule has 0 aliphatic carbocycles. The Hall–Kier alpha value is -2.47.